The zero-order chi connectivity index (χ0) is 12.1. The lowest BCUT2D eigenvalue weighted by Crippen LogP contribution is -2.38. The second kappa shape index (κ2) is 5.15. The maximum atomic E-state index is 11.6. The van der Waals surface area contributed by atoms with E-state index in [1.807, 2.05) is 0 Å². The Kier molecular flexibility index (Phi) is 3.87. The average Bonchev–Trinajstić information content (AvgIpc) is 2.80. The van der Waals surface area contributed by atoms with Gasteiger partial charge in [0, 0.05) is 12.4 Å². The van der Waals surface area contributed by atoms with Gasteiger partial charge >= 0.3 is 0 Å². The summed E-state index contributed by atoms with van der Waals surface area (Å²) in [7, 11) is 0. The smallest absolute Gasteiger partial charge is 0.231 e. The summed E-state index contributed by atoms with van der Waals surface area (Å²) in [4.78, 5) is 18.5. The Balaban J connectivity index is 2.58. The van der Waals surface area contributed by atoms with Crippen molar-refractivity contribution in [2.24, 2.45) is 16.8 Å². The first-order chi connectivity index (χ1) is 7.56. The zero-order valence-corrected chi connectivity index (χ0v) is 9.14. The van der Waals surface area contributed by atoms with Crippen molar-refractivity contribution in [1.82, 2.24) is 15.3 Å². The number of hydrogen-bond donors (Lipinski definition) is 4. The third kappa shape index (κ3) is 2.72. The molecule has 0 aliphatic heterocycles. The summed E-state index contributed by atoms with van der Waals surface area (Å²) in [5.74, 6) is -0.467. The second-order valence-corrected chi connectivity index (χ2v) is 3.45. The van der Waals surface area contributed by atoms with Gasteiger partial charge in [0.1, 0.15) is 5.82 Å². The Hall–Kier alpha value is -2.05. The van der Waals surface area contributed by atoms with Crippen LogP contribution < -0.4 is 11.1 Å². The van der Waals surface area contributed by atoms with E-state index in [0.717, 1.165) is 0 Å². The number of amides is 1. The fourth-order valence-corrected chi connectivity index (χ4v) is 1.14. The Bertz CT molecular complexity index is 373. The van der Waals surface area contributed by atoms with Gasteiger partial charge < -0.3 is 21.2 Å². The van der Waals surface area contributed by atoms with E-state index in [0.29, 0.717) is 5.82 Å². The number of imidazole rings is 1. The Morgan fingerprint density at radius 2 is 2.38 bits per heavy atom. The molecule has 1 aromatic rings. The van der Waals surface area contributed by atoms with E-state index in [4.69, 9.17) is 10.9 Å². The van der Waals surface area contributed by atoms with Crippen LogP contribution in [0.15, 0.2) is 17.5 Å². The molecular weight excluding hydrogens is 210 g/mol. The highest BCUT2D eigenvalue weighted by atomic mass is 16.4. The van der Waals surface area contributed by atoms with E-state index >= 15 is 0 Å². The van der Waals surface area contributed by atoms with Gasteiger partial charge in [-0.05, 0) is 13.8 Å². The fourth-order valence-electron chi connectivity index (χ4n) is 1.14. The first-order valence-electron chi connectivity index (χ1n) is 4.83. The molecule has 0 aromatic carbocycles. The van der Waals surface area contributed by atoms with Crippen molar-refractivity contribution in [2.45, 2.75) is 19.9 Å². The quantitative estimate of drug-likeness (QED) is 0.249. The third-order valence-corrected chi connectivity index (χ3v) is 2.24. The van der Waals surface area contributed by atoms with Crippen LogP contribution in [0.1, 0.15) is 25.7 Å². The summed E-state index contributed by atoms with van der Waals surface area (Å²) < 4.78 is 0. The number of amidine groups is 1. The molecule has 88 valence electrons. The first-order valence-corrected chi connectivity index (χ1v) is 4.83. The SMILES string of the molecule is CC(C(=O)NC(C)c1ncc[nH]1)/C(N)=N/O. The third-order valence-electron chi connectivity index (χ3n) is 2.24. The van der Waals surface area contributed by atoms with Crippen molar-refractivity contribution in [3.05, 3.63) is 18.2 Å². The van der Waals surface area contributed by atoms with Crippen LogP contribution in [0.2, 0.25) is 0 Å². The lowest BCUT2D eigenvalue weighted by Gasteiger charge is -2.14. The number of H-pyrrole nitrogens is 1. The van der Waals surface area contributed by atoms with Crippen molar-refractivity contribution < 1.29 is 10.0 Å². The molecule has 0 aliphatic rings. The predicted molar refractivity (Wildman–Crippen MR) is 57.7 cm³/mol. The van der Waals surface area contributed by atoms with Gasteiger partial charge in [0.2, 0.25) is 5.91 Å². The summed E-state index contributed by atoms with van der Waals surface area (Å²) in [6.45, 7) is 3.34. The molecule has 7 nitrogen and oxygen atoms in total. The fraction of sp³-hybridized carbons (Fsp3) is 0.444. The molecule has 1 amide bonds. The van der Waals surface area contributed by atoms with Gasteiger partial charge in [-0.3, -0.25) is 4.79 Å². The van der Waals surface area contributed by atoms with Crippen molar-refractivity contribution in [3.63, 3.8) is 0 Å². The van der Waals surface area contributed by atoms with Crippen LogP contribution in [0, 0.1) is 5.92 Å². The first kappa shape index (κ1) is 12.0. The average molecular weight is 225 g/mol. The molecule has 1 aromatic heterocycles. The van der Waals surface area contributed by atoms with E-state index in [2.05, 4.69) is 20.4 Å². The minimum Gasteiger partial charge on any atom is -0.409 e. The van der Waals surface area contributed by atoms with Crippen LogP contribution in [0.5, 0.6) is 0 Å². The number of nitrogens with one attached hydrogen (secondary N) is 2. The van der Waals surface area contributed by atoms with Crippen LogP contribution >= 0.6 is 0 Å². The maximum absolute atomic E-state index is 11.6. The van der Waals surface area contributed by atoms with Crippen LogP contribution in [-0.2, 0) is 4.79 Å². The number of aromatic nitrogens is 2. The summed E-state index contributed by atoms with van der Waals surface area (Å²) in [5, 5.41) is 13.9. The highest BCUT2D eigenvalue weighted by Gasteiger charge is 2.20. The van der Waals surface area contributed by atoms with Gasteiger partial charge in [0.05, 0.1) is 12.0 Å². The topological polar surface area (TPSA) is 116 Å². The van der Waals surface area contributed by atoms with E-state index in [-0.39, 0.29) is 17.8 Å². The molecule has 2 unspecified atom stereocenters. The van der Waals surface area contributed by atoms with E-state index in [1.165, 1.54) is 0 Å². The van der Waals surface area contributed by atoms with Crippen molar-refractivity contribution in [3.8, 4) is 0 Å². The second-order valence-electron chi connectivity index (χ2n) is 3.45. The molecular formula is C9H15N5O2. The molecule has 16 heavy (non-hydrogen) atoms. The molecule has 0 fully saturated rings. The molecule has 0 spiro atoms. The maximum Gasteiger partial charge on any atom is 0.231 e. The Labute approximate surface area is 92.7 Å². The molecule has 0 aliphatic carbocycles. The van der Waals surface area contributed by atoms with Crippen molar-refractivity contribution in [1.29, 1.82) is 0 Å². The number of hydrogen-bond acceptors (Lipinski definition) is 4. The molecule has 0 radical (unpaired) electrons. The Morgan fingerprint density at radius 3 is 2.88 bits per heavy atom. The van der Waals surface area contributed by atoms with Crippen LogP contribution in [0.3, 0.4) is 0 Å². The molecule has 7 heteroatoms. The van der Waals surface area contributed by atoms with Gasteiger partial charge in [-0.2, -0.15) is 0 Å². The minimum atomic E-state index is -0.678. The molecule has 0 bridgehead atoms. The molecule has 2 atom stereocenters. The summed E-state index contributed by atoms with van der Waals surface area (Å²) in [6, 6.07) is -0.253. The molecule has 1 rings (SSSR count). The number of rotatable bonds is 4. The standard InChI is InChI=1S/C9H15N5O2/c1-5(7(10)14-16)9(15)13-6(2)8-11-3-4-12-8/h3-6,16H,1-2H3,(H2,10,14)(H,11,12)(H,13,15). The monoisotopic (exact) mass is 225 g/mol. The summed E-state index contributed by atoms with van der Waals surface area (Å²) >= 11 is 0. The predicted octanol–water partition coefficient (Wildman–Crippen LogP) is -0.0306. The molecule has 0 saturated carbocycles. The Morgan fingerprint density at radius 1 is 1.69 bits per heavy atom. The van der Waals surface area contributed by atoms with Gasteiger partial charge in [-0.15, -0.1) is 0 Å². The van der Waals surface area contributed by atoms with Gasteiger partial charge in [-0.25, -0.2) is 4.98 Å². The molecule has 0 saturated heterocycles. The number of nitrogens with zero attached hydrogens (tertiary/aromatic N) is 2. The normalized spacial score (nSPS) is 15.5. The molecule has 5 N–H and O–H groups in total. The summed E-state index contributed by atoms with van der Waals surface area (Å²) in [5.41, 5.74) is 5.33. The van der Waals surface area contributed by atoms with Gasteiger partial charge in [0.15, 0.2) is 5.84 Å². The van der Waals surface area contributed by atoms with Crippen LogP contribution in [-0.4, -0.2) is 26.9 Å². The van der Waals surface area contributed by atoms with E-state index in [9.17, 15) is 4.79 Å². The van der Waals surface area contributed by atoms with E-state index < -0.39 is 5.92 Å². The number of carbonyl (C=O) groups is 1. The lowest BCUT2D eigenvalue weighted by atomic mass is 10.1. The highest BCUT2D eigenvalue weighted by molar-refractivity contribution is 6.01. The minimum absolute atomic E-state index is 0.121. The van der Waals surface area contributed by atoms with Crippen molar-refractivity contribution in [2.75, 3.05) is 0 Å². The summed E-state index contributed by atoms with van der Waals surface area (Å²) in [6.07, 6.45) is 3.27. The van der Waals surface area contributed by atoms with Crippen molar-refractivity contribution >= 4 is 11.7 Å². The van der Waals surface area contributed by atoms with E-state index in [1.54, 1.807) is 26.2 Å². The van der Waals surface area contributed by atoms with Crippen LogP contribution in [0.4, 0.5) is 0 Å². The largest absolute Gasteiger partial charge is 0.409 e. The number of carbonyl (C=O) groups excluding carboxylic acids is 1. The van der Waals surface area contributed by atoms with Crippen LogP contribution in [0.25, 0.3) is 0 Å². The highest BCUT2D eigenvalue weighted by Crippen LogP contribution is 2.06. The number of oxime groups is 1. The van der Waals surface area contributed by atoms with Gasteiger partial charge in [-0.1, -0.05) is 5.16 Å². The lowest BCUT2D eigenvalue weighted by molar-refractivity contribution is -0.123. The number of aromatic amines is 1. The molecule has 1 heterocycles. The number of nitrogens with two attached hydrogens (primary N) is 1. The van der Waals surface area contributed by atoms with Gasteiger partial charge in [0.25, 0.3) is 0 Å². The zero-order valence-electron chi connectivity index (χ0n) is 9.14.